The van der Waals surface area contributed by atoms with E-state index in [2.05, 4.69) is 0 Å². The molecule has 19 heavy (non-hydrogen) atoms. The van der Waals surface area contributed by atoms with Gasteiger partial charge in [-0.15, -0.1) is 0 Å². The zero-order valence-electron chi connectivity index (χ0n) is 12.3. The van der Waals surface area contributed by atoms with Crippen LogP contribution >= 0.6 is 0 Å². The molecule has 0 spiro atoms. The van der Waals surface area contributed by atoms with E-state index in [0.717, 1.165) is 5.56 Å². The third-order valence-corrected chi connectivity index (χ3v) is 3.37. The van der Waals surface area contributed by atoms with Gasteiger partial charge >= 0.3 is 0 Å². The van der Waals surface area contributed by atoms with Crippen molar-refractivity contribution in [3.63, 3.8) is 0 Å². The average molecular weight is 264 g/mol. The molecule has 0 saturated heterocycles. The minimum Gasteiger partial charge on any atom is -0.395 e. The molecule has 0 aliphatic heterocycles. The summed E-state index contributed by atoms with van der Waals surface area (Å²) in [5.74, 6) is 0.0587. The number of benzene rings is 1. The Bertz CT molecular complexity index is 403. The zero-order chi connectivity index (χ0) is 14.4. The molecule has 1 aromatic rings. The van der Waals surface area contributed by atoms with E-state index in [1.54, 1.807) is 11.9 Å². The highest BCUT2D eigenvalue weighted by Gasteiger charge is 2.15. The average Bonchev–Trinajstić information content (AvgIpc) is 2.40. The van der Waals surface area contributed by atoms with Crippen molar-refractivity contribution in [2.75, 3.05) is 27.2 Å². The second kappa shape index (κ2) is 7.26. The van der Waals surface area contributed by atoms with Crippen LogP contribution in [0.25, 0.3) is 0 Å². The molecule has 4 heteroatoms. The predicted molar refractivity (Wildman–Crippen MR) is 76.8 cm³/mol. The van der Waals surface area contributed by atoms with E-state index in [-0.39, 0.29) is 18.6 Å². The van der Waals surface area contributed by atoms with Crippen molar-refractivity contribution in [3.8, 4) is 0 Å². The van der Waals surface area contributed by atoms with Gasteiger partial charge in [-0.25, -0.2) is 0 Å². The Morgan fingerprint density at radius 3 is 2.37 bits per heavy atom. The molecule has 106 valence electrons. The third kappa shape index (κ3) is 5.01. The highest BCUT2D eigenvalue weighted by atomic mass is 16.3. The van der Waals surface area contributed by atoms with Gasteiger partial charge in [-0.05, 0) is 26.5 Å². The van der Waals surface area contributed by atoms with Crippen LogP contribution < -0.4 is 0 Å². The van der Waals surface area contributed by atoms with Gasteiger partial charge in [0.2, 0.25) is 5.91 Å². The van der Waals surface area contributed by atoms with E-state index in [9.17, 15) is 4.79 Å². The third-order valence-electron chi connectivity index (χ3n) is 3.37. The molecular formula is C15H24N2O2. The molecule has 1 unspecified atom stereocenters. The van der Waals surface area contributed by atoms with Crippen molar-refractivity contribution in [1.29, 1.82) is 0 Å². The van der Waals surface area contributed by atoms with Gasteiger partial charge in [0, 0.05) is 19.6 Å². The van der Waals surface area contributed by atoms with Crippen molar-refractivity contribution in [2.45, 2.75) is 26.4 Å². The number of carbonyl (C=O) groups excluding carboxylic acids is 1. The standard InChI is InChI=1S/C15H24N2O2/c1-12-5-7-14(8-6-12)9-17(4)15(19)10-16(3)13(2)11-18/h5-8,13,18H,9-11H2,1-4H3. The largest absolute Gasteiger partial charge is 0.395 e. The molecule has 1 aromatic carbocycles. The Morgan fingerprint density at radius 2 is 1.84 bits per heavy atom. The van der Waals surface area contributed by atoms with E-state index >= 15 is 0 Å². The van der Waals surface area contributed by atoms with Gasteiger partial charge < -0.3 is 10.0 Å². The van der Waals surface area contributed by atoms with Crippen LogP contribution in [0, 0.1) is 6.92 Å². The molecule has 4 nitrogen and oxygen atoms in total. The van der Waals surface area contributed by atoms with Crippen molar-refractivity contribution in [3.05, 3.63) is 35.4 Å². The molecule has 0 bridgehead atoms. The summed E-state index contributed by atoms with van der Waals surface area (Å²) < 4.78 is 0. The molecular weight excluding hydrogens is 240 g/mol. The molecule has 1 N–H and O–H groups in total. The van der Waals surface area contributed by atoms with Crippen LogP contribution in [0.5, 0.6) is 0 Å². The number of aliphatic hydroxyl groups is 1. The van der Waals surface area contributed by atoms with E-state index in [4.69, 9.17) is 5.11 Å². The van der Waals surface area contributed by atoms with E-state index in [1.807, 2.05) is 50.1 Å². The molecule has 0 aliphatic carbocycles. The Hall–Kier alpha value is -1.39. The lowest BCUT2D eigenvalue weighted by atomic mass is 10.1. The first-order valence-corrected chi connectivity index (χ1v) is 6.54. The number of hydrogen-bond donors (Lipinski definition) is 1. The lowest BCUT2D eigenvalue weighted by Gasteiger charge is -2.25. The topological polar surface area (TPSA) is 43.8 Å². The number of nitrogens with zero attached hydrogens (tertiary/aromatic N) is 2. The van der Waals surface area contributed by atoms with Crippen LogP contribution in [-0.4, -0.2) is 54.1 Å². The molecule has 0 saturated carbocycles. The van der Waals surface area contributed by atoms with Crippen molar-refractivity contribution in [2.24, 2.45) is 0 Å². The molecule has 0 radical (unpaired) electrons. The maximum atomic E-state index is 12.0. The lowest BCUT2D eigenvalue weighted by molar-refractivity contribution is -0.131. The number of likely N-dealkylation sites (N-methyl/N-ethyl adjacent to an activating group) is 2. The second-order valence-corrected chi connectivity index (χ2v) is 5.18. The first kappa shape index (κ1) is 15.7. The number of aliphatic hydroxyl groups excluding tert-OH is 1. The Labute approximate surface area is 115 Å². The summed E-state index contributed by atoms with van der Waals surface area (Å²) in [4.78, 5) is 15.6. The Kier molecular flexibility index (Phi) is 5.99. The molecule has 0 aromatic heterocycles. The van der Waals surface area contributed by atoms with Crippen LogP contribution in [0.15, 0.2) is 24.3 Å². The molecule has 1 amide bonds. The fourth-order valence-electron chi connectivity index (χ4n) is 1.68. The SMILES string of the molecule is Cc1ccc(CN(C)C(=O)CN(C)C(C)CO)cc1. The van der Waals surface area contributed by atoms with Crippen LogP contribution in [0.4, 0.5) is 0 Å². The quantitative estimate of drug-likeness (QED) is 0.841. The number of amides is 1. The molecule has 1 rings (SSSR count). The number of hydrogen-bond acceptors (Lipinski definition) is 3. The fourth-order valence-corrected chi connectivity index (χ4v) is 1.68. The zero-order valence-corrected chi connectivity index (χ0v) is 12.3. The summed E-state index contributed by atoms with van der Waals surface area (Å²) in [6, 6.07) is 8.18. The normalized spacial score (nSPS) is 12.5. The van der Waals surface area contributed by atoms with Gasteiger partial charge in [-0.2, -0.15) is 0 Å². The number of aryl methyl sites for hydroxylation is 1. The van der Waals surface area contributed by atoms with Crippen LogP contribution in [0.2, 0.25) is 0 Å². The smallest absolute Gasteiger partial charge is 0.236 e. The summed E-state index contributed by atoms with van der Waals surface area (Å²) in [5.41, 5.74) is 2.34. The minimum atomic E-state index is -0.00303. The van der Waals surface area contributed by atoms with Gasteiger partial charge in [-0.3, -0.25) is 9.69 Å². The van der Waals surface area contributed by atoms with Gasteiger partial charge in [0.1, 0.15) is 0 Å². The van der Waals surface area contributed by atoms with Crippen LogP contribution in [0.1, 0.15) is 18.1 Å². The van der Waals surface area contributed by atoms with Crippen molar-refractivity contribution < 1.29 is 9.90 Å². The summed E-state index contributed by atoms with van der Waals surface area (Å²) in [5, 5.41) is 9.05. The van der Waals surface area contributed by atoms with Crippen molar-refractivity contribution in [1.82, 2.24) is 9.80 Å². The van der Waals surface area contributed by atoms with Crippen molar-refractivity contribution >= 4 is 5.91 Å². The highest BCUT2D eigenvalue weighted by molar-refractivity contribution is 5.78. The summed E-state index contributed by atoms with van der Waals surface area (Å²) in [6.07, 6.45) is 0. The first-order valence-electron chi connectivity index (χ1n) is 6.54. The van der Waals surface area contributed by atoms with Gasteiger partial charge in [-0.1, -0.05) is 29.8 Å². The highest BCUT2D eigenvalue weighted by Crippen LogP contribution is 2.06. The fraction of sp³-hybridized carbons (Fsp3) is 0.533. The molecule has 0 fully saturated rings. The molecule has 0 aliphatic rings. The van der Waals surface area contributed by atoms with Gasteiger partial charge in [0.05, 0.1) is 13.2 Å². The first-order chi connectivity index (χ1) is 8.93. The van der Waals surface area contributed by atoms with E-state index < -0.39 is 0 Å². The monoisotopic (exact) mass is 264 g/mol. The Balaban J connectivity index is 2.51. The predicted octanol–water partition coefficient (Wildman–Crippen LogP) is 1.27. The maximum Gasteiger partial charge on any atom is 0.236 e. The van der Waals surface area contributed by atoms with E-state index in [0.29, 0.717) is 13.1 Å². The van der Waals surface area contributed by atoms with Gasteiger partial charge in [0.15, 0.2) is 0 Å². The van der Waals surface area contributed by atoms with Crippen LogP contribution in [0.3, 0.4) is 0 Å². The summed E-state index contributed by atoms with van der Waals surface area (Å²) >= 11 is 0. The van der Waals surface area contributed by atoms with Crippen LogP contribution in [-0.2, 0) is 11.3 Å². The number of carbonyl (C=O) groups is 1. The summed E-state index contributed by atoms with van der Waals surface area (Å²) in [7, 11) is 3.65. The second-order valence-electron chi connectivity index (χ2n) is 5.18. The van der Waals surface area contributed by atoms with Gasteiger partial charge in [0.25, 0.3) is 0 Å². The minimum absolute atomic E-state index is 0.00303. The van der Waals surface area contributed by atoms with E-state index in [1.165, 1.54) is 5.56 Å². The summed E-state index contributed by atoms with van der Waals surface area (Å²) in [6.45, 7) is 4.94. The molecule has 1 atom stereocenters. The number of rotatable bonds is 6. The lowest BCUT2D eigenvalue weighted by Crippen LogP contribution is -2.41. The molecule has 0 heterocycles. The maximum absolute atomic E-state index is 12.0. The Morgan fingerprint density at radius 1 is 1.26 bits per heavy atom.